The number of nitrogens with zero attached hydrogens (tertiary/aromatic N) is 1. The summed E-state index contributed by atoms with van der Waals surface area (Å²) in [5, 5.41) is 12.6. The molecule has 0 saturated heterocycles. The maximum Gasteiger partial charge on any atom is 0.0541 e. The zero-order chi connectivity index (χ0) is 38.9. The third-order valence-electron chi connectivity index (χ3n) is 12.4. The van der Waals surface area contributed by atoms with Crippen LogP contribution in [0, 0.1) is 0 Å². The molecule has 12 rings (SSSR count). The molecule has 274 valence electrons. The van der Waals surface area contributed by atoms with E-state index in [1.807, 2.05) is 0 Å². The summed E-state index contributed by atoms with van der Waals surface area (Å²) >= 11 is 0. The van der Waals surface area contributed by atoms with Gasteiger partial charge in [-0.25, -0.2) is 0 Å². The van der Waals surface area contributed by atoms with Crippen molar-refractivity contribution < 1.29 is 0 Å². The number of benzene rings is 11. The van der Waals surface area contributed by atoms with E-state index in [4.69, 9.17) is 0 Å². The third-order valence-corrected chi connectivity index (χ3v) is 12.4. The Hall–Kier alpha value is -7.74. The van der Waals surface area contributed by atoms with Crippen LogP contribution in [0.1, 0.15) is 0 Å². The first-order chi connectivity index (χ1) is 29.2. The second-order valence-corrected chi connectivity index (χ2v) is 15.7. The largest absolute Gasteiger partial charge is 0.309 e. The second kappa shape index (κ2) is 13.4. The molecule has 0 bridgehead atoms. The number of rotatable bonds is 5. The normalized spacial score (nSPS) is 11.7. The molecule has 1 heteroatoms. The fourth-order valence-corrected chi connectivity index (χ4v) is 9.53. The van der Waals surface area contributed by atoms with Crippen molar-refractivity contribution in [2.75, 3.05) is 0 Å². The second-order valence-electron chi connectivity index (χ2n) is 15.7. The molecule has 0 unspecified atom stereocenters. The van der Waals surface area contributed by atoms with Crippen LogP contribution < -0.4 is 0 Å². The lowest BCUT2D eigenvalue weighted by Crippen LogP contribution is -1.95. The van der Waals surface area contributed by atoms with Gasteiger partial charge in [-0.2, -0.15) is 0 Å². The van der Waals surface area contributed by atoms with Crippen molar-refractivity contribution in [2.24, 2.45) is 0 Å². The van der Waals surface area contributed by atoms with E-state index in [2.05, 4.69) is 229 Å². The molecule has 12 aromatic rings. The lowest BCUT2D eigenvalue weighted by atomic mass is 9.85. The van der Waals surface area contributed by atoms with Crippen molar-refractivity contribution in [2.45, 2.75) is 0 Å². The van der Waals surface area contributed by atoms with Gasteiger partial charge in [0, 0.05) is 16.5 Å². The molecule has 0 spiro atoms. The molecule has 0 aliphatic heterocycles. The Labute approximate surface area is 342 Å². The van der Waals surface area contributed by atoms with Crippen molar-refractivity contribution in [3.05, 3.63) is 224 Å². The zero-order valence-electron chi connectivity index (χ0n) is 32.3. The Bertz CT molecular complexity index is 3530. The number of aromatic nitrogens is 1. The Morgan fingerprint density at radius 1 is 0.220 bits per heavy atom. The van der Waals surface area contributed by atoms with Gasteiger partial charge in [-0.15, -0.1) is 0 Å². The first-order valence-electron chi connectivity index (χ1n) is 20.4. The molecule has 0 saturated carbocycles. The quantitative estimate of drug-likeness (QED) is 0.155. The first-order valence-corrected chi connectivity index (χ1v) is 20.4. The fourth-order valence-electron chi connectivity index (χ4n) is 9.53. The minimum Gasteiger partial charge on any atom is -0.309 e. The Kier molecular flexibility index (Phi) is 7.61. The van der Waals surface area contributed by atoms with E-state index < -0.39 is 0 Å². The van der Waals surface area contributed by atoms with Crippen LogP contribution in [0.4, 0.5) is 0 Å². The van der Waals surface area contributed by atoms with Crippen LogP contribution in [-0.4, -0.2) is 4.57 Å². The molecule has 0 atom stereocenters. The SMILES string of the molecule is c1ccc2cc(-c3ccc(-c4c5ccccc5c(-c5ccc(-n6c7ccccc7c7cc(-c8ccc9ccccc9c8)ccc76)cc5)c5ccccc45)cc3)ccc2c1. The average Bonchev–Trinajstić information content (AvgIpc) is 3.64. The summed E-state index contributed by atoms with van der Waals surface area (Å²) < 4.78 is 2.42. The maximum absolute atomic E-state index is 2.42. The number of para-hydroxylation sites is 1. The molecule has 1 nitrogen and oxygen atoms in total. The van der Waals surface area contributed by atoms with Gasteiger partial charge in [-0.3, -0.25) is 0 Å². The predicted molar refractivity (Wildman–Crippen MR) is 253 cm³/mol. The molecule has 1 aromatic heterocycles. The summed E-state index contributed by atoms with van der Waals surface area (Å²) in [6, 6.07) is 82.6. The molecule has 0 N–H and O–H groups in total. The summed E-state index contributed by atoms with van der Waals surface area (Å²) in [5.41, 5.74) is 13.4. The standard InChI is InChI=1S/C58H37N/c1-3-13-43-35-45(27-23-38(43)11-1)40-21-25-41(26-22-40)57-50-16-5-7-18-52(50)58(53-19-8-6-17-51(53)57)42-29-32-48(33-30-42)59-55-20-10-9-15-49(55)54-37-47(31-34-56(54)59)46-28-24-39-12-2-4-14-44(39)36-46/h1-37H. The van der Waals surface area contributed by atoms with Crippen LogP contribution in [0.2, 0.25) is 0 Å². The smallest absolute Gasteiger partial charge is 0.0541 e. The molecule has 59 heavy (non-hydrogen) atoms. The molecule has 0 aliphatic rings. The van der Waals surface area contributed by atoms with Crippen LogP contribution in [-0.2, 0) is 0 Å². The molecule has 0 amide bonds. The highest BCUT2D eigenvalue weighted by Crippen LogP contribution is 2.44. The van der Waals surface area contributed by atoms with Crippen molar-refractivity contribution in [1.82, 2.24) is 4.57 Å². The van der Waals surface area contributed by atoms with Crippen LogP contribution in [0.25, 0.3) is 115 Å². The summed E-state index contributed by atoms with van der Waals surface area (Å²) in [7, 11) is 0. The Morgan fingerprint density at radius 2 is 0.593 bits per heavy atom. The number of hydrogen-bond acceptors (Lipinski definition) is 0. The van der Waals surface area contributed by atoms with E-state index in [1.54, 1.807) is 0 Å². The van der Waals surface area contributed by atoms with Gasteiger partial charge in [0.15, 0.2) is 0 Å². The summed E-state index contributed by atoms with van der Waals surface area (Å²) in [5.74, 6) is 0. The molecule has 1 heterocycles. The molecule has 0 radical (unpaired) electrons. The van der Waals surface area contributed by atoms with Crippen LogP contribution in [0.15, 0.2) is 224 Å². The van der Waals surface area contributed by atoms with Gasteiger partial charge in [0.1, 0.15) is 0 Å². The lowest BCUT2D eigenvalue weighted by molar-refractivity contribution is 1.18. The van der Waals surface area contributed by atoms with E-state index >= 15 is 0 Å². The van der Waals surface area contributed by atoms with Crippen LogP contribution in [0.5, 0.6) is 0 Å². The number of fused-ring (bicyclic) bond motifs is 7. The number of hydrogen-bond donors (Lipinski definition) is 0. The highest BCUT2D eigenvalue weighted by atomic mass is 15.0. The van der Waals surface area contributed by atoms with Gasteiger partial charge in [0.05, 0.1) is 11.0 Å². The average molecular weight is 748 g/mol. The summed E-state index contributed by atoms with van der Waals surface area (Å²) in [6.07, 6.45) is 0. The van der Waals surface area contributed by atoms with Crippen LogP contribution >= 0.6 is 0 Å². The van der Waals surface area contributed by atoms with Gasteiger partial charge in [0.2, 0.25) is 0 Å². The predicted octanol–water partition coefficient (Wildman–Crippen LogP) is 16.1. The summed E-state index contributed by atoms with van der Waals surface area (Å²) in [4.78, 5) is 0. The first kappa shape index (κ1) is 33.4. The Balaban J connectivity index is 0.961. The van der Waals surface area contributed by atoms with Gasteiger partial charge < -0.3 is 4.57 Å². The van der Waals surface area contributed by atoms with Gasteiger partial charge in [-0.05, 0) is 130 Å². The van der Waals surface area contributed by atoms with Crippen molar-refractivity contribution in [3.63, 3.8) is 0 Å². The zero-order valence-corrected chi connectivity index (χ0v) is 32.3. The van der Waals surface area contributed by atoms with Crippen molar-refractivity contribution in [1.29, 1.82) is 0 Å². The van der Waals surface area contributed by atoms with E-state index in [9.17, 15) is 0 Å². The molecule has 0 aliphatic carbocycles. The van der Waals surface area contributed by atoms with Gasteiger partial charge in [0.25, 0.3) is 0 Å². The molecule has 0 fully saturated rings. The fraction of sp³-hybridized carbons (Fsp3) is 0. The minimum absolute atomic E-state index is 1.15. The topological polar surface area (TPSA) is 4.93 Å². The molecule has 11 aromatic carbocycles. The summed E-state index contributed by atoms with van der Waals surface area (Å²) in [6.45, 7) is 0. The lowest BCUT2D eigenvalue weighted by Gasteiger charge is -2.18. The maximum atomic E-state index is 2.42. The monoisotopic (exact) mass is 747 g/mol. The van der Waals surface area contributed by atoms with Crippen molar-refractivity contribution in [3.8, 4) is 50.2 Å². The highest BCUT2D eigenvalue weighted by Gasteiger charge is 2.18. The Morgan fingerprint density at radius 3 is 1.15 bits per heavy atom. The van der Waals surface area contributed by atoms with E-state index in [0.717, 1.165) is 5.69 Å². The van der Waals surface area contributed by atoms with E-state index in [0.29, 0.717) is 0 Å². The third kappa shape index (κ3) is 5.47. The van der Waals surface area contributed by atoms with E-state index in [1.165, 1.54) is 109 Å². The van der Waals surface area contributed by atoms with Gasteiger partial charge >= 0.3 is 0 Å². The van der Waals surface area contributed by atoms with Crippen LogP contribution in [0.3, 0.4) is 0 Å². The minimum atomic E-state index is 1.15. The molecular formula is C58H37N. The van der Waals surface area contributed by atoms with E-state index in [-0.39, 0.29) is 0 Å². The van der Waals surface area contributed by atoms with Crippen molar-refractivity contribution >= 4 is 64.9 Å². The molecular weight excluding hydrogens is 711 g/mol. The van der Waals surface area contributed by atoms with Gasteiger partial charge in [-0.1, -0.05) is 182 Å². The highest BCUT2D eigenvalue weighted by molar-refractivity contribution is 6.21.